The summed E-state index contributed by atoms with van der Waals surface area (Å²) in [6, 6.07) is 7.97. The standard InChI is InChI=1S/C13H15N3S/c1-8-7-11(16(2)3)9-5-4-6-10(13(14)17)12(9)15-8/h4-7H,1-3H3,(H2,14,17). The summed E-state index contributed by atoms with van der Waals surface area (Å²) in [5, 5.41) is 1.07. The van der Waals surface area contributed by atoms with Crippen LogP contribution in [0.4, 0.5) is 5.69 Å². The van der Waals surface area contributed by atoms with Gasteiger partial charge < -0.3 is 10.6 Å². The van der Waals surface area contributed by atoms with Gasteiger partial charge >= 0.3 is 0 Å². The first-order chi connectivity index (χ1) is 8.00. The van der Waals surface area contributed by atoms with Gasteiger partial charge in [-0.1, -0.05) is 24.4 Å². The third-order valence-electron chi connectivity index (χ3n) is 2.69. The van der Waals surface area contributed by atoms with E-state index in [-0.39, 0.29) is 0 Å². The van der Waals surface area contributed by atoms with Crippen LogP contribution >= 0.6 is 12.2 Å². The van der Waals surface area contributed by atoms with Gasteiger partial charge in [-0.15, -0.1) is 0 Å². The number of thiocarbonyl (C=S) groups is 1. The summed E-state index contributed by atoms with van der Waals surface area (Å²) in [5.74, 6) is 0. The van der Waals surface area contributed by atoms with E-state index in [2.05, 4.69) is 16.0 Å². The quantitative estimate of drug-likeness (QED) is 0.824. The summed E-state index contributed by atoms with van der Waals surface area (Å²) >= 11 is 5.07. The van der Waals surface area contributed by atoms with E-state index in [1.54, 1.807) is 0 Å². The monoisotopic (exact) mass is 245 g/mol. The largest absolute Gasteiger partial charge is 0.389 e. The molecule has 4 heteroatoms. The lowest BCUT2D eigenvalue weighted by Crippen LogP contribution is -2.13. The molecule has 3 nitrogen and oxygen atoms in total. The van der Waals surface area contributed by atoms with Crippen LogP contribution in [0.2, 0.25) is 0 Å². The Morgan fingerprint density at radius 1 is 1.35 bits per heavy atom. The summed E-state index contributed by atoms with van der Waals surface area (Å²) in [4.78, 5) is 7.00. The van der Waals surface area contributed by atoms with Crippen molar-refractivity contribution >= 4 is 33.8 Å². The Morgan fingerprint density at radius 2 is 2.06 bits per heavy atom. The smallest absolute Gasteiger partial charge is 0.106 e. The lowest BCUT2D eigenvalue weighted by molar-refractivity contribution is 1.12. The van der Waals surface area contributed by atoms with Crippen molar-refractivity contribution in [1.29, 1.82) is 0 Å². The highest BCUT2D eigenvalue weighted by atomic mass is 32.1. The SMILES string of the molecule is Cc1cc(N(C)C)c2cccc(C(N)=S)c2n1. The average molecular weight is 245 g/mol. The molecule has 17 heavy (non-hydrogen) atoms. The molecule has 1 heterocycles. The molecule has 0 unspecified atom stereocenters. The zero-order chi connectivity index (χ0) is 12.6. The second-order valence-electron chi connectivity index (χ2n) is 4.24. The van der Waals surface area contributed by atoms with Crippen LogP contribution in [0.15, 0.2) is 24.3 Å². The van der Waals surface area contributed by atoms with Crippen molar-refractivity contribution in [2.45, 2.75) is 6.92 Å². The second kappa shape index (κ2) is 4.30. The molecule has 2 rings (SSSR count). The van der Waals surface area contributed by atoms with Crippen LogP contribution in [0.25, 0.3) is 10.9 Å². The molecule has 2 N–H and O–H groups in total. The van der Waals surface area contributed by atoms with Gasteiger partial charge in [0.2, 0.25) is 0 Å². The molecule has 0 radical (unpaired) electrons. The molecule has 88 valence electrons. The first kappa shape index (κ1) is 11.8. The minimum atomic E-state index is 0.387. The summed E-state index contributed by atoms with van der Waals surface area (Å²) in [7, 11) is 4.03. The van der Waals surface area contributed by atoms with E-state index in [4.69, 9.17) is 18.0 Å². The van der Waals surface area contributed by atoms with E-state index in [0.717, 1.165) is 27.8 Å². The normalized spacial score (nSPS) is 10.5. The molecule has 0 bridgehead atoms. The first-order valence-electron chi connectivity index (χ1n) is 5.38. The van der Waals surface area contributed by atoms with Crippen LogP contribution in [0.3, 0.4) is 0 Å². The van der Waals surface area contributed by atoms with Gasteiger partial charge in [0.15, 0.2) is 0 Å². The zero-order valence-electron chi connectivity index (χ0n) is 10.2. The van der Waals surface area contributed by atoms with Crippen LogP contribution in [0.1, 0.15) is 11.3 Å². The number of hydrogen-bond acceptors (Lipinski definition) is 3. The number of rotatable bonds is 2. The Kier molecular flexibility index (Phi) is 2.98. The highest BCUT2D eigenvalue weighted by Gasteiger charge is 2.10. The number of anilines is 1. The number of benzene rings is 1. The molecule has 0 fully saturated rings. The van der Waals surface area contributed by atoms with Crippen LogP contribution in [-0.4, -0.2) is 24.1 Å². The maximum atomic E-state index is 5.73. The summed E-state index contributed by atoms with van der Waals surface area (Å²) in [6.07, 6.45) is 0. The second-order valence-corrected chi connectivity index (χ2v) is 4.68. The van der Waals surface area contributed by atoms with Crippen LogP contribution in [0.5, 0.6) is 0 Å². The maximum absolute atomic E-state index is 5.73. The van der Waals surface area contributed by atoms with Crippen molar-refractivity contribution < 1.29 is 0 Å². The number of aromatic nitrogens is 1. The fourth-order valence-electron chi connectivity index (χ4n) is 1.92. The molecule has 0 saturated carbocycles. The van der Waals surface area contributed by atoms with Gasteiger partial charge in [0.1, 0.15) is 4.99 Å². The van der Waals surface area contributed by atoms with Crippen molar-refractivity contribution in [1.82, 2.24) is 4.98 Å². The molecule has 0 aliphatic rings. The number of nitrogens with zero attached hydrogens (tertiary/aromatic N) is 2. The summed E-state index contributed by atoms with van der Waals surface area (Å²) < 4.78 is 0. The molecule has 0 aliphatic heterocycles. The molecule has 0 saturated heterocycles. The van der Waals surface area contributed by atoms with E-state index < -0.39 is 0 Å². The highest BCUT2D eigenvalue weighted by Crippen LogP contribution is 2.27. The van der Waals surface area contributed by atoms with E-state index in [1.807, 2.05) is 39.2 Å². The average Bonchev–Trinajstić information content (AvgIpc) is 2.26. The van der Waals surface area contributed by atoms with Crippen molar-refractivity contribution in [3.8, 4) is 0 Å². The molecule has 1 aromatic carbocycles. The summed E-state index contributed by atoms with van der Waals surface area (Å²) in [5.41, 5.74) is 9.54. The topological polar surface area (TPSA) is 42.1 Å². The Labute approximate surface area is 106 Å². The van der Waals surface area contributed by atoms with Crippen LogP contribution in [-0.2, 0) is 0 Å². The first-order valence-corrected chi connectivity index (χ1v) is 5.79. The Bertz CT molecular complexity index is 590. The van der Waals surface area contributed by atoms with Crippen LogP contribution < -0.4 is 10.6 Å². The number of aryl methyl sites for hydroxylation is 1. The molecule has 0 spiro atoms. The number of fused-ring (bicyclic) bond motifs is 1. The van der Waals surface area contributed by atoms with Crippen molar-refractivity contribution in [2.75, 3.05) is 19.0 Å². The Balaban J connectivity index is 2.88. The van der Waals surface area contributed by atoms with Gasteiger partial charge in [0.25, 0.3) is 0 Å². The summed E-state index contributed by atoms with van der Waals surface area (Å²) in [6.45, 7) is 1.97. The molecule has 0 aliphatic carbocycles. The van der Waals surface area contributed by atoms with E-state index in [0.29, 0.717) is 4.99 Å². The molecular formula is C13H15N3S. The van der Waals surface area contributed by atoms with E-state index >= 15 is 0 Å². The highest BCUT2D eigenvalue weighted by molar-refractivity contribution is 7.80. The lowest BCUT2D eigenvalue weighted by Gasteiger charge is -2.17. The fourth-order valence-corrected chi connectivity index (χ4v) is 2.09. The molecular weight excluding hydrogens is 230 g/mol. The van der Waals surface area contributed by atoms with Crippen molar-refractivity contribution in [3.05, 3.63) is 35.5 Å². The minimum Gasteiger partial charge on any atom is -0.389 e. The van der Waals surface area contributed by atoms with Gasteiger partial charge in [-0.25, -0.2) is 0 Å². The molecule has 1 aromatic heterocycles. The predicted molar refractivity (Wildman–Crippen MR) is 76.7 cm³/mol. The Hall–Kier alpha value is -1.68. The van der Waals surface area contributed by atoms with Gasteiger partial charge in [-0.3, -0.25) is 4.98 Å². The maximum Gasteiger partial charge on any atom is 0.106 e. The third kappa shape index (κ3) is 2.08. The number of nitrogens with two attached hydrogens (primary N) is 1. The van der Waals surface area contributed by atoms with Gasteiger partial charge in [-0.05, 0) is 19.1 Å². The third-order valence-corrected chi connectivity index (χ3v) is 2.91. The molecule has 0 atom stereocenters. The predicted octanol–water partition coefficient (Wildman–Crippen LogP) is 2.24. The van der Waals surface area contributed by atoms with Crippen molar-refractivity contribution in [2.24, 2.45) is 5.73 Å². The number of hydrogen-bond donors (Lipinski definition) is 1. The van der Waals surface area contributed by atoms with Gasteiger partial charge in [0.05, 0.1) is 5.52 Å². The molecule has 0 amide bonds. The van der Waals surface area contributed by atoms with Crippen LogP contribution in [0, 0.1) is 6.92 Å². The van der Waals surface area contributed by atoms with E-state index in [1.165, 1.54) is 0 Å². The number of pyridine rings is 1. The fraction of sp³-hybridized carbons (Fsp3) is 0.231. The minimum absolute atomic E-state index is 0.387. The van der Waals surface area contributed by atoms with Crippen molar-refractivity contribution in [3.63, 3.8) is 0 Å². The molecule has 2 aromatic rings. The lowest BCUT2D eigenvalue weighted by atomic mass is 10.1. The Morgan fingerprint density at radius 3 is 2.65 bits per heavy atom. The van der Waals surface area contributed by atoms with Gasteiger partial charge in [-0.2, -0.15) is 0 Å². The zero-order valence-corrected chi connectivity index (χ0v) is 11.0. The van der Waals surface area contributed by atoms with E-state index in [9.17, 15) is 0 Å². The van der Waals surface area contributed by atoms with Gasteiger partial charge in [0, 0.05) is 36.4 Å². The number of para-hydroxylation sites is 1.